The molecule has 3 nitrogen and oxygen atoms in total. The van der Waals surface area contributed by atoms with Crippen molar-refractivity contribution in [3.63, 3.8) is 0 Å². The number of aromatic nitrogens is 1. The van der Waals surface area contributed by atoms with E-state index in [0.717, 1.165) is 16.5 Å². The van der Waals surface area contributed by atoms with Crippen LogP contribution in [-0.2, 0) is 11.8 Å². The molecule has 0 aliphatic carbocycles. The highest BCUT2D eigenvalue weighted by molar-refractivity contribution is 5.81. The van der Waals surface area contributed by atoms with Crippen LogP contribution in [0.25, 0.3) is 10.9 Å². The van der Waals surface area contributed by atoms with Gasteiger partial charge in [0.05, 0.1) is 12.6 Å². The fourth-order valence-corrected chi connectivity index (χ4v) is 3.88. The number of rotatable bonds is 7. The maximum atomic E-state index is 14.0. The standard InChI is InChI=1S/C23H24F4N2O/c1-22(14-21(28)23(25,26)27,18-13-16(24)7-8-20(18)30-2)11-9-15-10-12-29-19-6-4-3-5-17(15)19/h3-8,10,12-13,21H,9,11,14,28H2,1-2H3. The van der Waals surface area contributed by atoms with Gasteiger partial charge in [-0.2, -0.15) is 13.2 Å². The maximum Gasteiger partial charge on any atom is 0.403 e. The number of fused-ring (bicyclic) bond motifs is 1. The molecule has 0 aliphatic heterocycles. The molecule has 0 saturated heterocycles. The molecular formula is C23H24F4N2O. The van der Waals surface area contributed by atoms with Crippen molar-refractivity contribution >= 4 is 10.9 Å². The second-order valence-electron chi connectivity index (χ2n) is 7.74. The van der Waals surface area contributed by atoms with E-state index in [1.165, 1.54) is 25.3 Å². The molecule has 160 valence electrons. The Hall–Kier alpha value is -2.67. The average molecular weight is 420 g/mol. The lowest BCUT2D eigenvalue weighted by atomic mass is 9.72. The molecule has 2 aromatic carbocycles. The van der Waals surface area contributed by atoms with E-state index in [4.69, 9.17) is 10.5 Å². The van der Waals surface area contributed by atoms with Gasteiger partial charge in [-0.25, -0.2) is 4.39 Å². The quantitative estimate of drug-likeness (QED) is 0.510. The van der Waals surface area contributed by atoms with E-state index in [1.807, 2.05) is 30.3 Å². The van der Waals surface area contributed by atoms with E-state index < -0.39 is 23.5 Å². The first-order valence-corrected chi connectivity index (χ1v) is 9.63. The van der Waals surface area contributed by atoms with Gasteiger partial charge in [-0.05, 0) is 60.6 Å². The summed E-state index contributed by atoms with van der Waals surface area (Å²) < 4.78 is 59.2. The first-order chi connectivity index (χ1) is 14.1. The first-order valence-electron chi connectivity index (χ1n) is 9.63. The summed E-state index contributed by atoms with van der Waals surface area (Å²) >= 11 is 0. The van der Waals surface area contributed by atoms with Crippen molar-refractivity contribution in [1.82, 2.24) is 4.98 Å². The lowest BCUT2D eigenvalue weighted by molar-refractivity contribution is -0.152. The van der Waals surface area contributed by atoms with Crippen LogP contribution in [0.5, 0.6) is 5.75 Å². The minimum atomic E-state index is -4.55. The van der Waals surface area contributed by atoms with Gasteiger partial charge < -0.3 is 10.5 Å². The molecule has 0 spiro atoms. The summed E-state index contributed by atoms with van der Waals surface area (Å²) in [5.41, 5.74) is 6.58. The van der Waals surface area contributed by atoms with Gasteiger partial charge in [0.2, 0.25) is 0 Å². The first kappa shape index (κ1) is 22.0. The highest BCUT2D eigenvalue weighted by Gasteiger charge is 2.43. The van der Waals surface area contributed by atoms with Crippen LogP contribution in [0.2, 0.25) is 0 Å². The summed E-state index contributed by atoms with van der Waals surface area (Å²) in [5, 5.41) is 0.939. The molecule has 1 aromatic heterocycles. The van der Waals surface area contributed by atoms with Gasteiger partial charge >= 0.3 is 6.18 Å². The zero-order valence-corrected chi connectivity index (χ0v) is 16.8. The van der Waals surface area contributed by atoms with E-state index in [-0.39, 0.29) is 6.42 Å². The number of hydrogen-bond acceptors (Lipinski definition) is 3. The summed E-state index contributed by atoms with van der Waals surface area (Å²) in [4.78, 5) is 4.33. The molecule has 2 atom stereocenters. The number of pyridine rings is 1. The Balaban J connectivity index is 2.00. The van der Waals surface area contributed by atoms with Gasteiger partial charge in [-0.1, -0.05) is 25.1 Å². The Labute approximate surface area is 172 Å². The van der Waals surface area contributed by atoms with Crippen molar-refractivity contribution in [1.29, 1.82) is 0 Å². The van der Waals surface area contributed by atoms with Crippen molar-refractivity contribution in [2.75, 3.05) is 7.11 Å². The molecule has 30 heavy (non-hydrogen) atoms. The third-order valence-electron chi connectivity index (χ3n) is 5.59. The lowest BCUT2D eigenvalue weighted by Gasteiger charge is -2.35. The molecule has 0 radical (unpaired) electrons. The van der Waals surface area contributed by atoms with E-state index in [1.54, 1.807) is 13.1 Å². The fourth-order valence-electron chi connectivity index (χ4n) is 3.88. The number of benzene rings is 2. The third-order valence-corrected chi connectivity index (χ3v) is 5.59. The summed E-state index contributed by atoms with van der Waals surface area (Å²) in [5.74, 6) is -0.195. The molecule has 2 N–H and O–H groups in total. The van der Waals surface area contributed by atoms with Crippen molar-refractivity contribution in [3.8, 4) is 5.75 Å². The Morgan fingerprint density at radius 1 is 1.10 bits per heavy atom. The molecule has 7 heteroatoms. The van der Waals surface area contributed by atoms with E-state index >= 15 is 0 Å². The molecule has 0 amide bonds. The SMILES string of the molecule is COc1ccc(F)cc1C(C)(CCc1ccnc2ccccc12)CC(N)C(F)(F)F. The van der Waals surface area contributed by atoms with Gasteiger partial charge in [0, 0.05) is 17.1 Å². The monoisotopic (exact) mass is 420 g/mol. The number of halogens is 4. The van der Waals surface area contributed by atoms with Crippen molar-refractivity contribution in [3.05, 3.63) is 71.7 Å². The molecule has 0 fully saturated rings. The number of aryl methyl sites for hydroxylation is 1. The molecule has 3 rings (SSSR count). The van der Waals surface area contributed by atoms with Gasteiger partial charge in [0.15, 0.2) is 0 Å². The van der Waals surface area contributed by atoms with E-state index in [2.05, 4.69) is 4.98 Å². The molecule has 0 saturated carbocycles. The van der Waals surface area contributed by atoms with Crippen molar-refractivity contribution in [2.45, 2.75) is 43.8 Å². The fraction of sp³-hybridized carbons (Fsp3) is 0.348. The highest BCUT2D eigenvalue weighted by atomic mass is 19.4. The minimum absolute atomic E-state index is 0.324. The van der Waals surface area contributed by atoms with Crippen molar-refractivity contribution < 1.29 is 22.3 Å². The van der Waals surface area contributed by atoms with Crippen LogP contribution >= 0.6 is 0 Å². The Morgan fingerprint density at radius 2 is 1.83 bits per heavy atom. The molecular weight excluding hydrogens is 396 g/mol. The highest BCUT2D eigenvalue weighted by Crippen LogP contribution is 2.42. The lowest BCUT2D eigenvalue weighted by Crippen LogP contribution is -2.43. The molecule has 1 heterocycles. The summed E-state index contributed by atoms with van der Waals surface area (Å²) in [6.07, 6.45) is -2.46. The second kappa shape index (κ2) is 8.60. The number of nitrogens with two attached hydrogens (primary N) is 1. The molecule has 0 bridgehead atoms. The number of para-hydroxylation sites is 1. The van der Waals surface area contributed by atoms with Crippen LogP contribution in [0.1, 0.15) is 30.9 Å². The van der Waals surface area contributed by atoms with Crippen LogP contribution in [-0.4, -0.2) is 24.3 Å². The van der Waals surface area contributed by atoms with Crippen LogP contribution in [0.4, 0.5) is 17.6 Å². The zero-order valence-electron chi connectivity index (χ0n) is 16.8. The number of methoxy groups -OCH3 is 1. The Bertz CT molecular complexity index is 1020. The Morgan fingerprint density at radius 3 is 2.53 bits per heavy atom. The number of nitrogens with zero attached hydrogens (tertiary/aromatic N) is 1. The van der Waals surface area contributed by atoms with Crippen LogP contribution in [0.15, 0.2) is 54.7 Å². The van der Waals surface area contributed by atoms with Crippen LogP contribution in [0.3, 0.4) is 0 Å². The van der Waals surface area contributed by atoms with Crippen LogP contribution in [0, 0.1) is 5.82 Å². The normalized spacial score (nSPS) is 15.0. The minimum Gasteiger partial charge on any atom is -0.496 e. The van der Waals surface area contributed by atoms with Gasteiger partial charge in [0.25, 0.3) is 0 Å². The van der Waals surface area contributed by atoms with Gasteiger partial charge in [0.1, 0.15) is 17.6 Å². The van der Waals surface area contributed by atoms with Gasteiger partial charge in [-0.15, -0.1) is 0 Å². The largest absolute Gasteiger partial charge is 0.496 e. The number of ether oxygens (including phenoxy) is 1. The van der Waals surface area contributed by atoms with E-state index in [9.17, 15) is 17.6 Å². The average Bonchev–Trinajstić information content (AvgIpc) is 2.71. The topological polar surface area (TPSA) is 48.1 Å². The summed E-state index contributed by atoms with van der Waals surface area (Å²) in [6.45, 7) is 1.68. The van der Waals surface area contributed by atoms with Gasteiger partial charge in [-0.3, -0.25) is 4.98 Å². The predicted molar refractivity (Wildman–Crippen MR) is 109 cm³/mol. The summed E-state index contributed by atoms with van der Waals surface area (Å²) in [6, 6.07) is 11.3. The second-order valence-corrected chi connectivity index (χ2v) is 7.74. The zero-order chi connectivity index (χ0) is 21.9. The number of hydrogen-bond donors (Lipinski definition) is 1. The Kier molecular flexibility index (Phi) is 6.31. The van der Waals surface area contributed by atoms with Crippen molar-refractivity contribution in [2.24, 2.45) is 5.73 Å². The van der Waals surface area contributed by atoms with E-state index in [0.29, 0.717) is 24.2 Å². The number of alkyl halides is 3. The summed E-state index contributed by atoms with van der Waals surface area (Å²) in [7, 11) is 1.41. The van der Waals surface area contributed by atoms with Crippen LogP contribution < -0.4 is 10.5 Å². The molecule has 0 aliphatic rings. The maximum absolute atomic E-state index is 14.0. The molecule has 2 unspecified atom stereocenters. The third kappa shape index (κ3) is 4.73. The molecule has 3 aromatic rings. The smallest absolute Gasteiger partial charge is 0.403 e. The predicted octanol–water partition coefficient (Wildman–Crippen LogP) is 5.55.